The van der Waals surface area contributed by atoms with Crippen molar-refractivity contribution in [2.24, 2.45) is 35.5 Å². The van der Waals surface area contributed by atoms with Crippen molar-refractivity contribution in [3.63, 3.8) is 0 Å². The number of Topliss-reactive ketones (excluding diaryl/α,β-unsaturated/α-hetero) is 1. The van der Waals surface area contributed by atoms with Gasteiger partial charge in [0, 0.05) is 18.4 Å². The molecule has 0 radical (unpaired) electrons. The van der Waals surface area contributed by atoms with Gasteiger partial charge in [0.1, 0.15) is 5.92 Å². The van der Waals surface area contributed by atoms with Gasteiger partial charge in [0.2, 0.25) is 0 Å². The Labute approximate surface area is 374 Å². The minimum Gasteiger partial charge on any atom is -0.681 e. The van der Waals surface area contributed by atoms with E-state index in [2.05, 4.69) is 80.5 Å². The largest absolute Gasteiger partial charge is 2.00 e. The van der Waals surface area contributed by atoms with Crippen molar-refractivity contribution in [3.05, 3.63) is 95.4 Å². The van der Waals surface area contributed by atoms with Crippen molar-refractivity contribution >= 4 is 58.5 Å². The first-order valence-electron chi connectivity index (χ1n) is 22.2. The molecule has 1 saturated heterocycles. The standard InChI is InChI=1S/C50H67N4O5.Mg/c1-12-34-30(7)37-24-39-32(9)36(20-21-43(55)59-23-22-29(6)19-15-18-28(5)17-14-16-27(3)4)47(53-39)45-46(50(57)58-11)49(56)44-33(10)40(54-48(44)45)26-42-35(13-2)31(8)38(52-42)25-41(34)51-37;/h19,24-28,32,34,36,46-47H,12-18,20-23H2,1-11H3,(H-,51,52,56);/q-3;+2/p-1/b29-19+,39-24-;/t28-,32+,34?,36+,46-,47?;/m1./s1. The molecule has 0 spiro atoms. The molecule has 0 amide bonds. The average Bonchev–Trinajstić information content (AvgIpc) is 3.94. The van der Waals surface area contributed by atoms with E-state index in [4.69, 9.17) is 30.1 Å². The normalized spacial score (nSPS) is 24.8. The topological polar surface area (TPSA) is 126 Å². The van der Waals surface area contributed by atoms with Crippen molar-refractivity contribution in [1.82, 2.24) is 9.97 Å². The van der Waals surface area contributed by atoms with Gasteiger partial charge in [-0.3, -0.25) is 14.4 Å². The molecule has 1 aliphatic carbocycles. The van der Waals surface area contributed by atoms with E-state index in [1.807, 2.05) is 13.0 Å². The minimum absolute atomic E-state index is 0. The third kappa shape index (κ3) is 9.80. The number of hydrogen-bond acceptors (Lipinski definition) is 5. The third-order valence-corrected chi connectivity index (χ3v) is 13.5. The summed E-state index contributed by atoms with van der Waals surface area (Å²) in [5.41, 5.74) is 10.7. The third-order valence-electron chi connectivity index (χ3n) is 13.5. The van der Waals surface area contributed by atoms with E-state index in [1.165, 1.54) is 43.9 Å². The maximum Gasteiger partial charge on any atom is 2.00 e. The zero-order chi connectivity index (χ0) is 42.7. The first-order chi connectivity index (χ1) is 28.2. The van der Waals surface area contributed by atoms with Gasteiger partial charge in [-0.2, -0.15) is 11.4 Å². The number of hydrogen-bond donors (Lipinski definition) is 0. The number of allylic oxidation sites excluding steroid dienone is 4. The summed E-state index contributed by atoms with van der Waals surface area (Å²) in [6.45, 7) is 21.9. The summed E-state index contributed by atoms with van der Waals surface area (Å²) in [5.74, 6) is -1.07. The van der Waals surface area contributed by atoms with Crippen molar-refractivity contribution in [3.8, 4) is 0 Å². The van der Waals surface area contributed by atoms with E-state index < -0.39 is 17.9 Å². The van der Waals surface area contributed by atoms with Crippen LogP contribution >= 0.6 is 0 Å². The van der Waals surface area contributed by atoms with Crippen LogP contribution in [0.3, 0.4) is 0 Å². The summed E-state index contributed by atoms with van der Waals surface area (Å²) in [6.07, 6.45) is 17.6. The molecule has 5 heterocycles. The quantitative estimate of drug-likeness (QED) is 0.0715. The second-order valence-electron chi connectivity index (χ2n) is 18.0. The molecule has 8 bridgehead atoms. The van der Waals surface area contributed by atoms with Crippen LogP contribution < -0.4 is 20.7 Å². The number of aromatic nitrogens is 2. The molecule has 9 nitrogen and oxygen atoms in total. The van der Waals surface area contributed by atoms with Crippen molar-refractivity contribution in [2.45, 2.75) is 139 Å². The molecule has 2 aromatic heterocycles. The van der Waals surface area contributed by atoms with Crippen molar-refractivity contribution in [2.75, 3.05) is 13.7 Å². The number of esters is 2. The molecule has 0 saturated carbocycles. The van der Waals surface area contributed by atoms with E-state index >= 15 is 0 Å². The fourth-order valence-corrected chi connectivity index (χ4v) is 9.71. The molecule has 2 aromatic rings. The Morgan fingerprint density at radius 2 is 1.68 bits per heavy atom. The predicted octanol–water partition coefficient (Wildman–Crippen LogP) is 9.20. The number of nitrogens with zero attached hydrogens (tertiary/aromatic N) is 4. The Hall–Kier alpha value is -3.76. The monoisotopic (exact) mass is 826 g/mol. The molecule has 6 atom stereocenters. The summed E-state index contributed by atoms with van der Waals surface area (Å²) in [6, 6.07) is -0.581. The smallest absolute Gasteiger partial charge is 0.681 e. The van der Waals surface area contributed by atoms with Gasteiger partial charge < -0.3 is 30.1 Å². The number of ketones is 1. The number of rotatable bonds is 16. The second kappa shape index (κ2) is 20.4. The van der Waals surface area contributed by atoms with Gasteiger partial charge in [0.15, 0.2) is 5.78 Å². The molecule has 4 aliphatic rings. The maximum absolute atomic E-state index is 14.3. The first kappa shape index (κ1) is 47.3. The van der Waals surface area contributed by atoms with Gasteiger partial charge in [-0.1, -0.05) is 125 Å². The van der Waals surface area contributed by atoms with Gasteiger partial charge >= 0.3 is 35.0 Å². The molecule has 1 fully saturated rings. The predicted molar refractivity (Wildman–Crippen MR) is 242 cm³/mol. The molecule has 3 aliphatic heterocycles. The van der Waals surface area contributed by atoms with E-state index in [0.29, 0.717) is 52.8 Å². The number of carbonyl (C=O) groups is 3. The number of ether oxygens (including phenoxy) is 2. The fourth-order valence-electron chi connectivity index (χ4n) is 9.71. The summed E-state index contributed by atoms with van der Waals surface area (Å²) in [7, 11) is 1.31. The summed E-state index contributed by atoms with van der Waals surface area (Å²) < 4.78 is 11.1. The Bertz CT molecular complexity index is 2200. The fraction of sp³-hybridized carbons (Fsp3) is 0.580. The molecular formula is C50H66MgN4O5-2. The number of carbonyl (C=O) groups excluding carboxylic acids is 3. The van der Waals surface area contributed by atoms with Crippen LogP contribution in [0, 0.1) is 49.4 Å². The summed E-state index contributed by atoms with van der Waals surface area (Å²) in [4.78, 5) is 51.5. The molecule has 6 rings (SSSR count). The minimum atomic E-state index is -1.16. The molecular weight excluding hydrogens is 761 g/mol. The molecule has 10 heteroatoms. The molecule has 0 N–H and O–H groups in total. The zero-order valence-electron chi connectivity index (χ0n) is 38.2. The summed E-state index contributed by atoms with van der Waals surface area (Å²) >= 11 is 0. The van der Waals surface area contributed by atoms with E-state index in [1.54, 1.807) is 0 Å². The number of fused-ring (bicyclic) bond motifs is 8. The van der Waals surface area contributed by atoms with Crippen molar-refractivity contribution < 1.29 is 23.9 Å². The van der Waals surface area contributed by atoms with Crippen LogP contribution in [0.5, 0.6) is 0 Å². The van der Waals surface area contributed by atoms with Crippen LogP contribution in [0.4, 0.5) is 0 Å². The SMILES string of the molecule is CCc1c2[n-]c(c1C)/C=C1\[N-]C(=C(C)C1CC)/C=C1\[N-]C(C3=c4[n-]/c(c(C)c4C(=O)[C@@H]3C(=O)OC)=C\2)[C@@H](CCC(=O)OCC/C(C)=C/CC[C@H](C)CCCC(C)C)[C@@H]1C.[Mg+2]. The Balaban J connectivity index is 0.00000683. The molecule has 2 unspecified atom stereocenters. The van der Waals surface area contributed by atoms with Gasteiger partial charge in [-0.05, 0) is 89.4 Å². The van der Waals surface area contributed by atoms with Crippen LogP contribution in [0.1, 0.15) is 152 Å². The molecule has 60 heavy (non-hydrogen) atoms. The Morgan fingerprint density at radius 3 is 2.37 bits per heavy atom. The van der Waals surface area contributed by atoms with E-state index in [0.717, 1.165) is 64.8 Å². The van der Waals surface area contributed by atoms with Crippen molar-refractivity contribution in [1.29, 1.82) is 0 Å². The average molecular weight is 827 g/mol. The van der Waals surface area contributed by atoms with Gasteiger partial charge in [-0.25, -0.2) is 0 Å². The Kier molecular flexibility index (Phi) is 16.1. The number of methoxy groups -OCH3 is 1. The Morgan fingerprint density at radius 1 is 0.933 bits per heavy atom. The van der Waals surface area contributed by atoms with E-state index in [9.17, 15) is 14.4 Å². The van der Waals surface area contributed by atoms with Gasteiger partial charge in [-0.15, -0.1) is 27.8 Å². The molecule has 320 valence electrons. The zero-order valence-corrected chi connectivity index (χ0v) is 39.6. The van der Waals surface area contributed by atoms with Crippen LogP contribution in [0.25, 0.3) is 28.4 Å². The maximum atomic E-state index is 14.3. The van der Waals surface area contributed by atoms with Crippen LogP contribution in [-0.2, 0) is 25.5 Å². The summed E-state index contributed by atoms with van der Waals surface area (Å²) in [5, 5.41) is 11.7. The molecule has 0 aromatic carbocycles. The van der Waals surface area contributed by atoms with Gasteiger partial charge in [0.05, 0.1) is 13.7 Å². The second-order valence-corrected chi connectivity index (χ2v) is 18.0. The van der Waals surface area contributed by atoms with Crippen LogP contribution in [0.2, 0.25) is 0 Å². The van der Waals surface area contributed by atoms with E-state index in [-0.39, 0.29) is 59.0 Å². The van der Waals surface area contributed by atoms with Crippen LogP contribution in [-0.4, -0.2) is 60.5 Å². The van der Waals surface area contributed by atoms with Crippen LogP contribution in [0.15, 0.2) is 40.4 Å². The first-order valence-corrected chi connectivity index (χ1v) is 22.2. The van der Waals surface area contributed by atoms with Gasteiger partial charge in [0.25, 0.3) is 0 Å².